The van der Waals surface area contributed by atoms with E-state index in [4.69, 9.17) is 0 Å². The molecule has 1 aliphatic rings. The molecule has 1 atom stereocenters. The summed E-state index contributed by atoms with van der Waals surface area (Å²) in [5.41, 5.74) is 0. The Balaban J connectivity index is 0.00000729. The van der Waals surface area contributed by atoms with Gasteiger partial charge in [-0.1, -0.05) is 104 Å². The van der Waals surface area contributed by atoms with Gasteiger partial charge in [-0.25, -0.2) is 0 Å². The highest BCUT2D eigenvalue weighted by Gasteiger charge is 2.23. The lowest BCUT2D eigenvalue weighted by molar-refractivity contribution is -0.00000616. The zero-order chi connectivity index (χ0) is 19.6. The van der Waals surface area contributed by atoms with Crippen molar-refractivity contribution in [2.45, 2.75) is 136 Å². The molecule has 2 nitrogen and oxygen atoms in total. The second-order valence-corrected chi connectivity index (χ2v) is 8.59. The molecule has 28 heavy (non-hydrogen) atoms. The van der Waals surface area contributed by atoms with Crippen molar-refractivity contribution in [2.75, 3.05) is 13.1 Å². The van der Waals surface area contributed by atoms with Crippen molar-refractivity contribution in [1.29, 1.82) is 0 Å². The quantitative estimate of drug-likeness (QED) is 0.272. The lowest BCUT2D eigenvalue weighted by Crippen LogP contribution is -3.00. The zero-order valence-electron chi connectivity index (χ0n) is 19.4. The Morgan fingerprint density at radius 3 is 1.46 bits per heavy atom. The second kappa shape index (κ2) is 19.9. The van der Waals surface area contributed by atoms with Crippen LogP contribution < -0.4 is 12.4 Å². The normalized spacial score (nSPS) is 16.0. The first-order valence-corrected chi connectivity index (χ1v) is 12.5. The minimum atomic E-state index is 0. The fourth-order valence-corrected chi connectivity index (χ4v) is 4.32. The van der Waals surface area contributed by atoms with Gasteiger partial charge >= 0.3 is 0 Å². The molecule has 0 bridgehead atoms. The van der Waals surface area contributed by atoms with Gasteiger partial charge in [-0.3, -0.25) is 0 Å². The highest BCUT2D eigenvalue weighted by Crippen LogP contribution is 2.22. The highest BCUT2D eigenvalue weighted by atomic mass is 35.5. The molecule has 1 rings (SSSR count). The summed E-state index contributed by atoms with van der Waals surface area (Å²) in [5, 5.41) is 0. The van der Waals surface area contributed by atoms with Crippen molar-refractivity contribution < 1.29 is 12.4 Å². The lowest BCUT2D eigenvalue weighted by Gasteiger charge is -2.32. The van der Waals surface area contributed by atoms with Crippen LogP contribution in [0.15, 0.2) is 12.4 Å². The second-order valence-electron chi connectivity index (χ2n) is 8.59. The topological polar surface area (TPSA) is 6.48 Å². The largest absolute Gasteiger partial charge is 1.00 e. The third kappa shape index (κ3) is 13.0. The summed E-state index contributed by atoms with van der Waals surface area (Å²) in [4.78, 5) is 5.17. The van der Waals surface area contributed by atoms with E-state index in [2.05, 4.69) is 43.0 Å². The molecule has 0 aromatic rings. The van der Waals surface area contributed by atoms with E-state index in [1.807, 2.05) is 0 Å². The molecule has 1 aliphatic heterocycles. The average Bonchev–Trinajstić information content (AvgIpc) is 3.08. The van der Waals surface area contributed by atoms with E-state index in [1.165, 1.54) is 116 Å². The summed E-state index contributed by atoms with van der Waals surface area (Å²) in [6.45, 7) is 9.29. The number of unbranched alkanes of at least 4 members (excludes halogenated alkanes) is 14. The molecule has 1 heterocycles. The minimum absolute atomic E-state index is 0. The third-order valence-corrected chi connectivity index (χ3v) is 6.17. The Morgan fingerprint density at radius 1 is 0.536 bits per heavy atom. The summed E-state index contributed by atoms with van der Waals surface area (Å²) in [5.74, 6) is 0. The van der Waals surface area contributed by atoms with E-state index >= 15 is 0 Å². The van der Waals surface area contributed by atoms with Gasteiger partial charge in [-0.2, -0.15) is 0 Å². The SMILES string of the molecule is CCCCCCCCCCCCN1C=CN(CC)C1CCCCCCCC.[Cl-]. The van der Waals surface area contributed by atoms with E-state index in [-0.39, 0.29) is 12.4 Å². The lowest BCUT2D eigenvalue weighted by atomic mass is 10.1. The molecule has 0 saturated heterocycles. The maximum absolute atomic E-state index is 2.63. The molecule has 0 aromatic carbocycles. The Morgan fingerprint density at radius 2 is 0.964 bits per heavy atom. The minimum Gasteiger partial charge on any atom is -1.00 e. The van der Waals surface area contributed by atoms with Gasteiger partial charge in [0.1, 0.15) is 6.17 Å². The van der Waals surface area contributed by atoms with Gasteiger partial charge in [-0.05, 0) is 26.2 Å². The predicted octanol–water partition coefficient (Wildman–Crippen LogP) is 5.10. The number of halogens is 1. The van der Waals surface area contributed by atoms with Crippen molar-refractivity contribution in [1.82, 2.24) is 9.80 Å². The molecule has 0 amide bonds. The molecule has 0 fully saturated rings. The number of hydrogen-bond acceptors (Lipinski definition) is 2. The van der Waals surface area contributed by atoms with Gasteiger partial charge in [0.05, 0.1) is 0 Å². The first-order valence-electron chi connectivity index (χ1n) is 12.5. The number of nitrogens with zero attached hydrogens (tertiary/aromatic N) is 2. The zero-order valence-corrected chi connectivity index (χ0v) is 20.2. The standard InChI is InChI=1S/C25H50N2.ClH/c1-4-7-9-11-13-14-15-16-18-20-22-27-24-23-26(6-3)25(27)21-19-17-12-10-8-5-2;/h23-25H,4-22H2,1-3H3;1H/p-1. The van der Waals surface area contributed by atoms with Crippen LogP contribution in [-0.2, 0) is 0 Å². The van der Waals surface area contributed by atoms with Crippen molar-refractivity contribution >= 4 is 0 Å². The van der Waals surface area contributed by atoms with Gasteiger partial charge in [0, 0.05) is 25.5 Å². The van der Waals surface area contributed by atoms with E-state index < -0.39 is 0 Å². The molecule has 0 spiro atoms. The van der Waals surface area contributed by atoms with E-state index in [0.29, 0.717) is 6.17 Å². The molecule has 168 valence electrons. The smallest absolute Gasteiger partial charge is 0.101 e. The van der Waals surface area contributed by atoms with Crippen molar-refractivity contribution in [3.8, 4) is 0 Å². The van der Waals surface area contributed by atoms with Crippen LogP contribution in [0.3, 0.4) is 0 Å². The van der Waals surface area contributed by atoms with Crippen LogP contribution in [0.2, 0.25) is 0 Å². The average molecular weight is 414 g/mol. The molecular weight excluding hydrogens is 364 g/mol. The van der Waals surface area contributed by atoms with Crippen LogP contribution in [-0.4, -0.2) is 29.1 Å². The third-order valence-electron chi connectivity index (χ3n) is 6.17. The maximum Gasteiger partial charge on any atom is 0.101 e. The van der Waals surface area contributed by atoms with Crippen LogP contribution in [0.25, 0.3) is 0 Å². The first kappa shape index (κ1) is 27.6. The summed E-state index contributed by atoms with van der Waals surface area (Å²) >= 11 is 0. The number of rotatable bonds is 19. The van der Waals surface area contributed by atoms with Gasteiger partial charge in [-0.15, -0.1) is 0 Å². The van der Waals surface area contributed by atoms with E-state index in [9.17, 15) is 0 Å². The van der Waals surface area contributed by atoms with Crippen LogP contribution in [0.1, 0.15) is 130 Å². The van der Waals surface area contributed by atoms with Crippen LogP contribution in [0.4, 0.5) is 0 Å². The Hall–Kier alpha value is -0.370. The summed E-state index contributed by atoms with van der Waals surface area (Å²) in [7, 11) is 0. The molecular formula is C25H50ClN2-. The Bertz CT molecular complexity index is 345. The van der Waals surface area contributed by atoms with Gasteiger partial charge < -0.3 is 22.2 Å². The molecule has 0 aliphatic carbocycles. The van der Waals surface area contributed by atoms with Gasteiger partial charge in [0.25, 0.3) is 0 Å². The first-order chi connectivity index (χ1) is 13.3. The van der Waals surface area contributed by atoms with E-state index in [0.717, 1.165) is 6.54 Å². The molecule has 0 N–H and O–H groups in total. The molecule has 0 aromatic heterocycles. The molecule has 3 heteroatoms. The molecule has 1 unspecified atom stereocenters. The van der Waals surface area contributed by atoms with Crippen molar-refractivity contribution in [3.63, 3.8) is 0 Å². The molecule has 0 saturated carbocycles. The fourth-order valence-electron chi connectivity index (χ4n) is 4.32. The summed E-state index contributed by atoms with van der Waals surface area (Å²) < 4.78 is 0. The maximum atomic E-state index is 2.63. The van der Waals surface area contributed by atoms with Crippen LogP contribution in [0.5, 0.6) is 0 Å². The van der Waals surface area contributed by atoms with Crippen LogP contribution in [0, 0.1) is 0 Å². The highest BCUT2D eigenvalue weighted by molar-refractivity contribution is 4.96. The Kier molecular flexibility index (Phi) is 19.7. The van der Waals surface area contributed by atoms with Crippen molar-refractivity contribution in [2.24, 2.45) is 0 Å². The predicted molar refractivity (Wildman–Crippen MR) is 122 cm³/mol. The van der Waals surface area contributed by atoms with E-state index in [1.54, 1.807) is 0 Å². The monoisotopic (exact) mass is 413 g/mol. The molecule has 0 radical (unpaired) electrons. The summed E-state index contributed by atoms with van der Waals surface area (Å²) in [6, 6.07) is 0. The van der Waals surface area contributed by atoms with Gasteiger partial charge in [0.2, 0.25) is 0 Å². The van der Waals surface area contributed by atoms with Crippen molar-refractivity contribution in [3.05, 3.63) is 12.4 Å². The van der Waals surface area contributed by atoms with Crippen LogP contribution >= 0.6 is 0 Å². The van der Waals surface area contributed by atoms with Gasteiger partial charge in [0.15, 0.2) is 0 Å². The number of hydrogen-bond donors (Lipinski definition) is 0. The Labute approximate surface area is 183 Å². The fraction of sp³-hybridized carbons (Fsp3) is 0.920. The summed E-state index contributed by atoms with van der Waals surface area (Å²) in [6.07, 6.45) is 29.4.